The number of nitrogens with one attached hydrogen (secondary N) is 2. The Morgan fingerprint density at radius 1 is 1.10 bits per heavy atom. The zero-order valence-corrected chi connectivity index (χ0v) is 21.9. The average Bonchev–Trinajstić information content (AvgIpc) is 2.86. The highest BCUT2D eigenvalue weighted by Crippen LogP contribution is 2.32. The number of nitriles is 1. The smallest absolute Gasteiger partial charge is 0.434 e. The number of halogens is 4. The molecule has 1 aliphatic heterocycles. The molecule has 0 aliphatic carbocycles. The van der Waals surface area contributed by atoms with Crippen molar-refractivity contribution in [2.75, 3.05) is 6.67 Å². The standard InChI is InChI=1S/C27H23ClF3N5O3/c1-26(2,3)17-6-4-16(5-7-17)21-11-19(34-35-24(21)37)13-36-14-33-23(27(29,30)31)22(25(36)38)39-20-9-15(12-32)8-18(28)10-20/h4-11,33H,13-14H2,1-3H3,(H,35,37). The molecule has 1 amide bonds. The maximum atomic E-state index is 13.7. The summed E-state index contributed by atoms with van der Waals surface area (Å²) in [4.78, 5) is 26.7. The number of hydrogen-bond acceptors (Lipinski definition) is 6. The summed E-state index contributed by atoms with van der Waals surface area (Å²) in [5.74, 6) is -2.29. The summed E-state index contributed by atoms with van der Waals surface area (Å²) in [5.41, 5.74) is 0.365. The highest BCUT2D eigenvalue weighted by Gasteiger charge is 2.44. The van der Waals surface area contributed by atoms with Crippen LogP contribution < -0.4 is 15.6 Å². The van der Waals surface area contributed by atoms with Gasteiger partial charge in [-0.2, -0.15) is 23.5 Å². The fraction of sp³-hybridized carbons (Fsp3) is 0.259. The van der Waals surface area contributed by atoms with Crippen LogP contribution in [-0.2, 0) is 16.8 Å². The molecule has 2 heterocycles. The first kappa shape index (κ1) is 27.7. The second kappa shape index (κ2) is 10.5. The van der Waals surface area contributed by atoms with E-state index in [0.717, 1.165) is 10.5 Å². The number of amides is 1. The van der Waals surface area contributed by atoms with Crippen LogP contribution in [0, 0.1) is 11.3 Å². The highest BCUT2D eigenvalue weighted by atomic mass is 35.5. The van der Waals surface area contributed by atoms with Crippen molar-refractivity contribution in [2.45, 2.75) is 38.9 Å². The first-order valence-corrected chi connectivity index (χ1v) is 12.1. The van der Waals surface area contributed by atoms with Crippen molar-refractivity contribution in [3.8, 4) is 22.9 Å². The van der Waals surface area contributed by atoms with Crippen LogP contribution in [0.5, 0.6) is 5.75 Å². The summed E-state index contributed by atoms with van der Waals surface area (Å²) in [6.45, 7) is 5.47. The Labute approximate surface area is 226 Å². The minimum absolute atomic E-state index is 0.0419. The van der Waals surface area contributed by atoms with Crippen LogP contribution >= 0.6 is 11.6 Å². The minimum atomic E-state index is -4.92. The summed E-state index contributed by atoms with van der Waals surface area (Å²) < 4.78 is 46.5. The van der Waals surface area contributed by atoms with Crippen molar-refractivity contribution < 1.29 is 22.7 Å². The highest BCUT2D eigenvalue weighted by molar-refractivity contribution is 6.30. The molecule has 0 fully saturated rings. The number of carbonyl (C=O) groups excluding carboxylic acids is 1. The summed E-state index contributed by atoms with van der Waals surface area (Å²) in [6.07, 6.45) is -4.92. The third kappa shape index (κ3) is 6.23. The van der Waals surface area contributed by atoms with Gasteiger partial charge in [0.1, 0.15) is 5.75 Å². The second-order valence-corrected chi connectivity index (χ2v) is 10.3. The topological polar surface area (TPSA) is 111 Å². The van der Waals surface area contributed by atoms with Crippen molar-refractivity contribution in [3.63, 3.8) is 0 Å². The van der Waals surface area contributed by atoms with Gasteiger partial charge in [0.25, 0.3) is 11.5 Å². The Morgan fingerprint density at radius 2 is 1.79 bits per heavy atom. The predicted octanol–water partition coefficient (Wildman–Crippen LogP) is 5.00. The number of ether oxygens (including phenoxy) is 1. The van der Waals surface area contributed by atoms with Gasteiger partial charge in [-0.15, -0.1) is 0 Å². The number of nitrogens with zero attached hydrogens (tertiary/aromatic N) is 3. The van der Waals surface area contributed by atoms with Crippen LogP contribution in [-0.4, -0.2) is 33.8 Å². The first-order valence-electron chi connectivity index (χ1n) is 11.7. The number of rotatable bonds is 5. The zero-order chi connectivity index (χ0) is 28.5. The van der Waals surface area contributed by atoms with E-state index >= 15 is 0 Å². The Bertz CT molecular complexity index is 1550. The Hall–Kier alpha value is -4.30. The van der Waals surface area contributed by atoms with E-state index in [2.05, 4.69) is 36.3 Å². The lowest BCUT2D eigenvalue weighted by atomic mass is 9.86. The Morgan fingerprint density at radius 3 is 2.41 bits per heavy atom. The summed E-state index contributed by atoms with van der Waals surface area (Å²) in [6, 6.07) is 14.4. The van der Waals surface area contributed by atoms with Gasteiger partial charge in [-0.1, -0.05) is 56.6 Å². The molecule has 0 atom stereocenters. The normalized spacial score (nSPS) is 14.2. The third-order valence-electron chi connectivity index (χ3n) is 5.93. The molecule has 2 N–H and O–H groups in total. The summed E-state index contributed by atoms with van der Waals surface area (Å²) >= 11 is 5.94. The molecule has 8 nitrogen and oxygen atoms in total. The Balaban J connectivity index is 1.63. The summed E-state index contributed by atoms with van der Waals surface area (Å²) in [5, 5.41) is 17.7. The lowest BCUT2D eigenvalue weighted by Gasteiger charge is -2.31. The molecule has 0 spiro atoms. The van der Waals surface area contributed by atoms with Crippen molar-refractivity contribution >= 4 is 17.5 Å². The molecule has 1 aromatic heterocycles. The van der Waals surface area contributed by atoms with E-state index in [1.54, 1.807) is 12.1 Å². The molecule has 3 aromatic rings. The number of aromatic nitrogens is 2. The molecule has 0 radical (unpaired) electrons. The minimum Gasteiger partial charge on any atom is -0.449 e. The SMILES string of the molecule is CC(C)(C)c1ccc(-c2cc(CN3CNC(C(F)(F)F)=C(Oc4cc(Cl)cc(C#N)c4)C3=O)n[nH]c2=O)cc1. The molecule has 202 valence electrons. The lowest BCUT2D eigenvalue weighted by molar-refractivity contribution is -0.137. The predicted molar refractivity (Wildman–Crippen MR) is 137 cm³/mol. The number of allylic oxidation sites excluding steroid dienone is 1. The van der Waals surface area contributed by atoms with E-state index in [9.17, 15) is 22.8 Å². The van der Waals surface area contributed by atoms with Crippen LogP contribution in [0.4, 0.5) is 13.2 Å². The number of hydrogen-bond donors (Lipinski definition) is 2. The molecule has 0 saturated heterocycles. The number of carbonyl (C=O) groups is 1. The second-order valence-electron chi connectivity index (χ2n) is 9.86. The van der Waals surface area contributed by atoms with Gasteiger partial charge in [0, 0.05) is 5.02 Å². The van der Waals surface area contributed by atoms with E-state index < -0.39 is 35.8 Å². The maximum Gasteiger partial charge on any atom is 0.434 e. The van der Waals surface area contributed by atoms with Gasteiger partial charge in [-0.25, -0.2) is 5.10 Å². The number of benzene rings is 2. The largest absolute Gasteiger partial charge is 0.449 e. The van der Waals surface area contributed by atoms with Crippen molar-refractivity contribution in [1.82, 2.24) is 20.4 Å². The van der Waals surface area contributed by atoms with Crippen LogP contribution in [0.3, 0.4) is 0 Å². The molecule has 39 heavy (non-hydrogen) atoms. The number of alkyl halides is 3. The van der Waals surface area contributed by atoms with Gasteiger partial charge in [0.05, 0.1) is 36.1 Å². The van der Waals surface area contributed by atoms with E-state index in [1.807, 2.05) is 18.2 Å². The van der Waals surface area contributed by atoms with Crippen molar-refractivity contribution in [2.24, 2.45) is 0 Å². The average molecular weight is 558 g/mol. The quantitative estimate of drug-likeness (QED) is 0.457. The third-order valence-corrected chi connectivity index (χ3v) is 6.15. The van der Waals surface area contributed by atoms with Gasteiger partial charge in [0.2, 0.25) is 5.76 Å². The van der Waals surface area contributed by atoms with E-state index in [1.165, 1.54) is 24.3 Å². The van der Waals surface area contributed by atoms with Crippen LogP contribution in [0.2, 0.25) is 5.02 Å². The summed E-state index contributed by atoms with van der Waals surface area (Å²) in [7, 11) is 0. The van der Waals surface area contributed by atoms with E-state index in [4.69, 9.17) is 21.6 Å². The molecule has 0 bridgehead atoms. The molecular weight excluding hydrogens is 535 g/mol. The molecule has 12 heteroatoms. The molecule has 2 aromatic carbocycles. The van der Waals surface area contributed by atoms with Gasteiger partial charge in [-0.3, -0.25) is 9.59 Å². The number of aromatic amines is 1. The van der Waals surface area contributed by atoms with Gasteiger partial charge < -0.3 is 15.0 Å². The fourth-order valence-electron chi connectivity index (χ4n) is 3.92. The number of H-pyrrole nitrogens is 1. The Kier molecular flexibility index (Phi) is 7.44. The van der Waals surface area contributed by atoms with Crippen molar-refractivity contribution in [1.29, 1.82) is 5.26 Å². The van der Waals surface area contributed by atoms with E-state index in [-0.39, 0.29) is 34.0 Å². The first-order chi connectivity index (χ1) is 18.3. The van der Waals surface area contributed by atoms with Gasteiger partial charge in [0.15, 0.2) is 5.70 Å². The van der Waals surface area contributed by atoms with Gasteiger partial charge in [-0.05, 0) is 40.8 Å². The molecule has 4 rings (SSSR count). The van der Waals surface area contributed by atoms with Crippen LogP contribution in [0.1, 0.15) is 37.6 Å². The van der Waals surface area contributed by atoms with Crippen LogP contribution in [0.15, 0.2) is 64.8 Å². The maximum absolute atomic E-state index is 13.7. The molecular formula is C27H23ClF3N5O3. The molecule has 0 saturated carbocycles. The van der Waals surface area contributed by atoms with Gasteiger partial charge >= 0.3 is 6.18 Å². The fourth-order valence-corrected chi connectivity index (χ4v) is 4.15. The molecule has 0 unspecified atom stereocenters. The lowest BCUT2D eigenvalue weighted by Crippen LogP contribution is -2.49. The van der Waals surface area contributed by atoms with E-state index in [0.29, 0.717) is 11.1 Å². The van der Waals surface area contributed by atoms with Crippen molar-refractivity contribution in [3.05, 3.63) is 92.2 Å². The molecule has 1 aliphatic rings. The van der Waals surface area contributed by atoms with Crippen LogP contribution in [0.25, 0.3) is 11.1 Å². The zero-order valence-electron chi connectivity index (χ0n) is 21.1. The monoisotopic (exact) mass is 557 g/mol.